The highest BCUT2D eigenvalue weighted by Crippen LogP contribution is 2.24. The molecule has 1 aliphatic rings. The SMILES string of the molecule is CC(=O)OC1=C[NH+]([O-])OCC1([N+](=O)[O-])[N+](=O)[O-]. The number of ether oxygens (including phenoxy) is 1. The molecular formula is C6H7N3O8. The molecule has 0 aromatic rings. The molecule has 1 heterocycles. The Hall–Kier alpha value is -2.11. The van der Waals surface area contributed by atoms with Crippen molar-refractivity contribution in [2.45, 2.75) is 12.6 Å². The third-order valence-corrected chi connectivity index (χ3v) is 1.92. The van der Waals surface area contributed by atoms with Crippen LogP contribution in [0.5, 0.6) is 0 Å². The number of nitro groups is 2. The largest absolute Gasteiger partial charge is 0.595 e. The van der Waals surface area contributed by atoms with E-state index in [-0.39, 0.29) is 0 Å². The minimum atomic E-state index is -2.97. The summed E-state index contributed by atoms with van der Waals surface area (Å²) in [7, 11) is 0. The van der Waals surface area contributed by atoms with Gasteiger partial charge in [0.05, 0.1) is 0 Å². The highest BCUT2D eigenvalue weighted by atomic mass is 16.9. The van der Waals surface area contributed by atoms with Gasteiger partial charge in [0.15, 0.2) is 6.20 Å². The second kappa shape index (κ2) is 4.40. The fourth-order valence-corrected chi connectivity index (χ4v) is 1.13. The minimum absolute atomic E-state index is 0.413. The summed E-state index contributed by atoms with van der Waals surface area (Å²) in [6.45, 7) is -0.240. The number of hydrogen-bond donors (Lipinski definition) is 1. The maximum Gasteiger partial charge on any atom is 0.549 e. The van der Waals surface area contributed by atoms with Crippen LogP contribution < -0.4 is 5.23 Å². The average molecular weight is 249 g/mol. The van der Waals surface area contributed by atoms with Crippen LogP contribution in [0.3, 0.4) is 0 Å². The standard InChI is InChI=1S/C6H7N3O8/c1-4(10)17-5-2-7(11)16-3-6(5,8(12)13)9(14)15/h2,7H,3H2,1H3. The van der Waals surface area contributed by atoms with E-state index < -0.39 is 39.1 Å². The van der Waals surface area contributed by atoms with Crippen molar-refractivity contribution in [2.75, 3.05) is 6.61 Å². The Morgan fingerprint density at radius 1 is 1.53 bits per heavy atom. The van der Waals surface area contributed by atoms with E-state index in [1.807, 2.05) is 0 Å². The van der Waals surface area contributed by atoms with Gasteiger partial charge < -0.3 is 9.94 Å². The zero-order valence-electron chi connectivity index (χ0n) is 8.44. The molecule has 1 N–H and O–H groups in total. The van der Waals surface area contributed by atoms with E-state index in [0.717, 1.165) is 6.92 Å². The number of hydrogen-bond acceptors (Lipinski definition) is 8. The van der Waals surface area contributed by atoms with Gasteiger partial charge in [0.25, 0.3) is 6.61 Å². The summed E-state index contributed by atoms with van der Waals surface area (Å²) in [6.07, 6.45) is 0.413. The Balaban J connectivity index is 3.26. The van der Waals surface area contributed by atoms with Gasteiger partial charge in [-0.3, -0.25) is 25.0 Å². The Labute approximate surface area is 93.0 Å². The molecule has 11 heteroatoms. The molecule has 17 heavy (non-hydrogen) atoms. The number of esters is 1. The molecule has 94 valence electrons. The molecule has 0 aromatic carbocycles. The number of hydroxylamine groups is 2. The first-order valence-corrected chi connectivity index (χ1v) is 4.17. The van der Waals surface area contributed by atoms with Crippen LogP contribution >= 0.6 is 0 Å². The Morgan fingerprint density at radius 3 is 2.47 bits per heavy atom. The molecule has 1 unspecified atom stereocenters. The van der Waals surface area contributed by atoms with Crippen LogP contribution in [0, 0.1) is 25.4 Å². The molecule has 0 aromatic heterocycles. The minimum Gasteiger partial charge on any atom is -0.595 e. The van der Waals surface area contributed by atoms with Crippen molar-refractivity contribution < 1.29 is 29.4 Å². The Kier molecular flexibility index (Phi) is 3.36. The fraction of sp³-hybridized carbons (Fsp3) is 0.500. The molecule has 0 spiro atoms. The molecule has 11 nitrogen and oxygen atoms in total. The number of quaternary nitrogens is 1. The molecular weight excluding hydrogens is 242 g/mol. The second-order valence-corrected chi connectivity index (χ2v) is 3.04. The highest BCUT2D eigenvalue weighted by molar-refractivity contribution is 5.67. The second-order valence-electron chi connectivity index (χ2n) is 3.04. The summed E-state index contributed by atoms with van der Waals surface area (Å²) in [4.78, 5) is 33.9. The quantitative estimate of drug-likeness (QED) is 0.198. The molecule has 0 bridgehead atoms. The highest BCUT2D eigenvalue weighted by Gasteiger charge is 2.67. The van der Waals surface area contributed by atoms with Gasteiger partial charge >= 0.3 is 17.4 Å². The summed E-state index contributed by atoms with van der Waals surface area (Å²) in [5, 5.41) is 31.3. The van der Waals surface area contributed by atoms with Crippen molar-refractivity contribution in [3.05, 3.63) is 37.4 Å². The molecule has 0 saturated heterocycles. The van der Waals surface area contributed by atoms with Crippen LogP contribution in [0.15, 0.2) is 12.0 Å². The van der Waals surface area contributed by atoms with Gasteiger partial charge in [-0.15, -0.1) is 0 Å². The third kappa shape index (κ3) is 2.20. The number of carbonyl (C=O) groups is 1. The maximum absolute atomic E-state index is 10.9. The fourth-order valence-electron chi connectivity index (χ4n) is 1.13. The first kappa shape index (κ1) is 13.0. The van der Waals surface area contributed by atoms with Crippen LogP contribution in [-0.4, -0.2) is 28.1 Å². The topological polar surface area (TPSA) is 149 Å². The van der Waals surface area contributed by atoms with Gasteiger partial charge in [-0.25, -0.2) is 0 Å². The zero-order valence-corrected chi connectivity index (χ0v) is 8.44. The van der Waals surface area contributed by atoms with Gasteiger partial charge in [-0.1, -0.05) is 0 Å². The van der Waals surface area contributed by atoms with Crippen LogP contribution in [0.1, 0.15) is 6.92 Å². The third-order valence-electron chi connectivity index (χ3n) is 1.92. The lowest BCUT2D eigenvalue weighted by atomic mass is 10.1. The van der Waals surface area contributed by atoms with E-state index in [9.17, 15) is 30.2 Å². The van der Waals surface area contributed by atoms with Crippen LogP contribution in [-0.2, 0) is 14.4 Å². The number of rotatable bonds is 3. The van der Waals surface area contributed by atoms with Crippen molar-refractivity contribution in [1.82, 2.24) is 0 Å². The van der Waals surface area contributed by atoms with Gasteiger partial charge in [-0.05, 0) is 0 Å². The molecule has 1 rings (SSSR count). The van der Waals surface area contributed by atoms with Crippen molar-refractivity contribution in [2.24, 2.45) is 0 Å². The van der Waals surface area contributed by atoms with E-state index in [1.54, 1.807) is 0 Å². The van der Waals surface area contributed by atoms with E-state index in [2.05, 4.69) is 9.57 Å². The van der Waals surface area contributed by atoms with Gasteiger partial charge in [0, 0.05) is 6.92 Å². The van der Waals surface area contributed by atoms with Crippen LogP contribution in [0.4, 0.5) is 0 Å². The van der Waals surface area contributed by atoms with E-state index in [4.69, 9.17) is 0 Å². The van der Waals surface area contributed by atoms with Crippen molar-refractivity contribution >= 4 is 5.97 Å². The monoisotopic (exact) mass is 249 g/mol. The first-order chi connectivity index (χ1) is 7.80. The molecule has 1 aliphatic heterocycles. The summed E-state index contributed by atoms with van der Waals surface area (Å²) >= 11 is 0. The average Bonchev–Trinajstić information content (AvgIpc) is 2.15. The van der Waals surface area contributed by atoms with E-state index in [1.165, 1.54) is 0 Å². The predicted molar refractivity (Wildman–Crippen MR) is 46.9 cm³/mol. The van der Waals surface area contributed by atoms with Gasteiger partial charge in [-0.2, -0.15) is 10.1 Å². The van der Waals surface area contributed by atoms with Crippen molar-refractivity contribution in [3.8, 4) is 0 Å². The summed E-state index contributed by atoms with van der Waals surface area (Å²) in [5.74, 6) is -1.98. The van der Waals surface area contributed by atoms with Crippen molar-refractivity contribution in [1.29, 1.82) is 0 Å². The lowest BCUT2D eigenvalue weighted by molar-refractivity contribution is -1.03. The molecule has 0 saturated carbocycles. The van der Waals surface area contributed by atoms with Crippen LogP contribution in [0.2, 0.25) is 0 Å². The van der Waals surface area contributed by atoms with E-state index >= 15 is 0 Å². The maximum atomic E-state index is 10.9. The van der Waals surface area contributed by atoms with Gasteiger partial charge in [0.2, 0.25) is 0 Å². The lowest BCUT2D eigenvalue weighted by Crippen LogP contribution is -3.03. The van der Waals surface area contributed by atoms with E-state index in [0.29, 0.717) is 6.20 Å². The van der Waals surface area contributed by atoms with Crippen LogP contribution in [0.25, 0.3) is 0 Å². The number of nitrogens with one attached hydrogen (secondary N) is 1. The Bertz CT molecular complexity index is 390. The smallest absolute Gasteiger partial charge is 0.549 e. The zero-order chi connectivity index (χ0) is 13.2. The van der Waals surface area contributed by atoms with Crippen molar-refractivity contribution in [3.63, 3.8) is 0 Å². The molecule has 1 atom stereocenters. The number of nitrogens with zero attached hydrogens (tertiary/aromatic N) is 2. The lowest BCUT2D eigenvalue weighted by Gasteiger charge is -2.25. The normalized spacial score (nSPS) is 22.5. The molecule has 0 amide bonds. The first-order valence-electron chi connectivity index (χ1n) is 4.17. The van der Waals surface area contributed by atoms with Gasteiger partial charge in [0.1, 0.15) is 9.85 Å². The summed E-state index contributed by atoms with van der Waals surface area (Å²) in [5.41, 5.74) is -2.97. The predicted octanol–water partition coefficient (Wildman–Crippen LogP) is -2.03. The summed E-state index contributed by atoms with van der Waals surface area (Å²) in [6, 6.07) is 0. The molecule has 0 radical (unpaired) electrons. The summed E-state index contributed by atoms with van der Waals surface area (Å²) < 4.78 is 4.34. The number of carbonyl (C=O) groups excluding carboxylic acids is 1. The Morgan fingerprint density at radius 2 is 2.06 bits per heavy atom. The molecule has 0 aliphatic carbocycles. The molecule has 0 fully saturated rings.